The molecule has 3 N–H and O–H groups in total. The molecule has 5 rings (SSSR count). The maximum absolute atomic E-state index is 13.6. The van der Waals surface area contributed by atoms with Gasteiger partial charge in [-0.05, 0) is 54.6 Å². The fourth-order valence-electron chi connectivity index (χ4n) is 5.24. The molecule has 5 heteroatoms. The third kappa shape index (κ3) is 4.76. The zero-order valence-electron chi connectivity index (χ0n) is 19.7. The summed E-state index contributed by atoms with van der Waals surface area (Å²) in [6.45, 7) is 2.51. The van der Waals surface area contributed by atoms with Crippen molar-refractivity contribution in [1.29, 1.82) is 0 Å². The molecule has 0 bridgehead atoms. The molecule has 0 fully saturated rings. The van der Waals surface area contributed by atoms with Gasteiger partial charge in [0.15, 0.2) is 0 Å². The first-order valence-electron chi connectivity index (χ1n) is 12.0. The highest BCUT2D eigenvalue weighted by atomic mass is 16.2. The van der Waals surface area contributed by atoms with Crippen LogP contribution in [-0.4, -0.2) is 42.0 Å². The second kappa shape index (κ2) is 9.84. The Balaban J connectivity index is 1.31. The highest BCUT2D eigenvalue weighted by molar-refractivity contribution is 5.98. The van der Waals surface area contributed by atoms with Crippen LogP contribution in [0.25, 0.3) is 10.9 Å². The van der Waals surface area contributed by atoms with Gasteiger partial charge in [0.1, 0.15) is 0 Å². The Hall–Kier alpha value is -3.41. The topological polar surface area (TPSA) is 65.4 Å². The minimum atomic E-state index is -0.590. The summed E-state index contributed by atoms with van der Waals surface area (Å²) in [5, 5.41) is 1.13. The van der Waals surface area contributed by atoms with Crippen LogP contribution in [0.15, 0.2) is 85.1 Å². The van der Waals surface area contributed by atoms with E-state index < -0.39 is 6.04 Å². The molecule has 0 radical (unpaired) electrons. The van der Waals surface area contributed by atoms with Gasteiger partial charge in [0.2, 0.25) is 5.91 Å². The highest BCUT2D eigenvalue weighted by Gasteiger charge is 2.31. The summed E-state index contributed by atoms with van der Waals surface area (Å²) >= 11 is 0. The average Bonchev–Trinajstić information content (AvgIpc) is 3.26. The molecule has 4 aromatic rings. The zero-order valence-corrected chi connectivity index (χ0v) is 19.7. The molecular formula is C29H32N4O. The van der Waals surface area contributed by atoms with E-state index in [9.17, 15) is 4.79 Å². The Bertz CT molecular complexity index is 1270. The molecule has 3 aromatic carbocycles. The van der Waals surface area contributed by atoms with Crippen LogP contribution in [0, 0.1) is 5.92 Å². The van der Waals surface area contributed by atoms with Crippen molar-refractivity contribution >= 4 is 22.5 Å². The number of carbonyl (C=O) groups excluding carboxylic acids is 1. The molecule has 34 heavy (non-hydrogen) atoms. The Morgan fingerprint density at radius 3 is 2.65 bits per heavy atom. The number of para-hydroxylation sites is 2. The summed E-state index contributed by atoms with van der Waals surface area (Å²) < 4.78 is 0. The lowest BCUT2D eigenvalue weighted by Crippen LogP contribution is -2.50. The van der Waals surface area contributed by atoms with Gasteiger partial charge in [-0.3, -0.25) is 4.79 Å². The molecule has 2 atom stereocenters. The number of hydrogen-bond donors (Lipinski definition) is 2. The van der Waals surface area contributed by atoms with Gasteiger partial charge in [-0.1, -0.05) is 66.7 Å². The fourth-order valence-corrected chi connectivity index (χ4v) is 5.24. The van der Waals surface area contributed by atoms with Crippen molar-refractivity contribution in [2.75, 3.05) is 25.0 Å². The molecule has 0 unspecified atom stereocenters. The Morgan fingerprint density at radius 2 is 1.79 bits per heavy atom. The van der Waals surface area contributed by atoms with E-state index in [0.29, 0.717) is 18.9 Å². The van der Waals surface area contributed by atoms with Crippen LogP contribution in [0.1, 0.15) is 16.7 Å². The van der Waals surface area contributed by atoms with Gasteiger partial charge in [0.25, 0.3) is 0 Å². The Morgan fingerprint density at radius 1 is 1.06 bits per heavy atom. The predicted octanol–water partition coefficient (Wildman–Crippen LogP) is 4.38. The van der Waals surface area contributed by atoms with E-state index in [1.54, 1.807) is 0 Å². The first-order valence-corrected chi connectivity index (χ1v) is 12.0. The molecule has 1 aromatic heterocycles. The third-order valence-electron chi connectivity index (χ3n) is 6.79. The predicted molar refractivity (Wildman–Crippen MR) is 139 cm³/mol. The van der Waals surface area contributed by atoms with Gasteiger partial charge in [-0.15, -0.1) is 0 Å². The van der Waals surface area contributed by atoms with Gasteiger partial charge in [0, 0.05) is 42.4 Å². The van der Waals surface area contributed by atoms with Crippen LogP contribution >= 0.6 is 0 Å². The molecule has 1 aliphatic rings. The van der Waals surface area contributed by atoms with Gasteiger partial charge < -0.3 is 20.5 Å². The first kappa shape index (κ1) is 22.4. The van der Waals surface area contributed by atoms with Crippen molar-refractivity contribution in [3.8, 4) is 0 Å². The summed E-state index contributed by atoms with van der Waals surface area (Å²) in [5.74, 6) is 0.348. The number of carbonyl (C=O) groups is 1. The molecule has 1 amide bonds. The molecular weight excluding hydrogens is 420 g/mol. The Labute approximate surface area is 201 Å². The number of benzene rings is 3. The maximum atomic E-state index is 13.6. The molecule has 0 saturated carbocycles. The van der Waals surface area contributed by atoms with Crippen molar-refractivity contribution in [1.82, 2.24) is 9.88 Å². The summed E-state index contributed by atoms with van der Waals surface area (Å²) in [4.78, 5) is 21.2. The van der Waals surface area contributed by atoms with Crippen molar-refractivity contribution in [2.45, 2.75) is 25.4 Å². The second-order valence-corrected chi connectivity index (χ2v) is 9.50. The van der Waals surface area contributed by atoms with Crippen molar-refractivity contribution in [3.63, 3.8) is 0 Å². The highest BCUT2D eigenvalue weighted by Crippen LogP contribution is 2.31. The van der Waals surface area contributed by atoms with Crippen LogP contribution in [0.4, 0.5) is 5.69 Å². The third-order valence-corrected chi connectivity index (χ3v) is 6.79. The smallest absolute Gasteiger partial charge is 0.244 e. The number of fused-ring (bicyclic) bond motifs is 2. The molecule has 174 valence electrons. The van der Waals surface area contributed by atoms with Crippen LogP contribution < -0.4 is 10.6 Å². The summed E-state index contributed by atoms with van der Waals surface area (Å²) in [6, 6.07) is 26.3. The van der Waals surface area contributed by atoms with Crippen molar-refractivity contribution < 1.29 is 4.79 Å². The number of aromatic nitrogens is 1. The number of rotatable bonds is 7. The Kier molecular flexibility index (Phi) is 6.48. The van der Waals surface area contributed by atoms with Crippen molar-refractivity contribution in [2.24, 2.45) is 11.7 Å². The number of amides is 1. The largest absolute Gasteiger partial charge is 0.361 e. The van der Waals surface area contributed by atoms with Crippen molar-refractivity contribution in [3.05, 3.63) is 102 Å². The van der Waals surface area contributed by atoms with E-state index >= 15 is 0 Å². The van der Waals surface area contributed by atoms with Crippen LogP contribution in [0.3, 0.4) is 0 Å². The molecule has 0 saturated heterocycles. The average molecular weight is 453 g/mol. The number of nitrogens with zero attached hydrogens (tertiary/aromatic N) is 2. The summed E-state index contributed by atoms with van der Waals surface area (Å²) in [7, 11) is 2.16. The fraction of sp³-hybridized carbons (Fsp3) is 0.276. The SMILES string of the molecule is CN(Cc1ccccc1)C[C@@H]1Cc2ccccc2N(C(=O)[C@H](N)Cc2c[nH]c3ccccc23)C1. The van der Waals surface area contributed by atoms with Gasteiger partial charge >= 0.3 is 0 Å². The van der Waals surface area contributed by atoms with Gasteiger partial charge in [-0.2, -0.15) is 0 Å². The quantitative estimate of drug-likeness (QED) is 0.438. The van der Waals surface area contributed by atoms with E-state index in [1.165, 1.54) is 11.1 Å². The molecule has 0 spiro atoms. The van der Waals surface area contributed by atoms with E-state index in [-0.39, 0.29) is 5.91 Å². The lowest BCUT2D eigenvalue weighted by Gasteiger charge is -2.37. The molecule has 5 nitrogen and oxygen atoms in total. The van der Waals surface area contributed by atoms with Gasteiger partial charge in [-0.25, -0.2) is 0 Å². The number of hydrogen-bond acceptors (Lipinski definition) is 3. The van der Waals surface area contributed by atoms with Crippen LogP contribution in [0.2, 0.25) is 0 Å². The number of anilines is 1. The lowest BCUT2D eigenvalue weighted by molar-refractivity contribution is -0.120. The minimum Gasteiger partial charge on any atom is -0.361 e. The van der Waals surface area contributed by atoms with E-state index in [2.05, 4.69) is 65.5 Å². The van der Waals surface area contributed by atoms with Gasteiger partial charge in [0.05, 0.1) is 6.04 Å². The van der Waals surface area contributed by atoms with E-state index in [4.69, 9.17) is 5.73 Å². The monoisotopic (exact) mass is 452 g/mol. The molecule has 0 aliphatic carbocycles. The van der Waals surface area contributed by atoms with Crippen LogP contribution in [-0.2, 0) is 24.2 Å². The summed E-state index contributed by atoms with van der Waals surface area (Å²) in [6.07, 6.45) is 3.46. The molecule has 1 aliphatic heterocycles. The van der Waals surface area contributed by atoms with Crippen LogP contribution in [0.5, 0.6) is 0 Å². The maximum Gasteiger partial charge on any atom is 0.244 e. The molecule has 2 heterocycles. The standard InChI is InChI=1S/C29H32N4O/c1-32(18-21-9-3-2-4-10-21)19-22-15-23-11-5-8-14-28(23)33(20-22)29(34)26(30)16-24-17-31-27-13-7-6-12-25(24)27/h2-14,17,22,26,31H,15-16,18-20,30H2,1H3/t22-,26+/m0/s1. The number of nitrogens with one attached hydrogen (secondary N) is 1. The lowest BCUT2D eigenvalue weighted by atomic mass is 9.91. The number of H-pyrrole nitrogens is 1. The zero-order chi connectivity index (χ0) is 23.5. The number of nitrogens with two attached hydrogens (primary N) is 1. The summed E-state index contributed by atoms with van der Waals surface area (Å²) in [5.41, 5.74) is 12.2. The number of aromatic amines is 1. The first-order chi connectivity index (χ1) is 16.6. The normalized spacial score (nSPS) is 16.6. The second-order valence-electron chi connectivity index (χ2n) is 9.50. The van der Waals surface area contributed by atoms with E-state index in [1.807, 2.05) is 41.4 Å². The minimum absolute atomic E-state index is 0.00635. The van der Waals surface area contributed by atoms with E-state index in [0.717, 1.165) is 41.7 Å².